The van der Waals surface area contributed by atoms with Crippen LogP contribution in [-0.4, -0.2) is 74.9 Å². The molecule has 10 heteroatoms. The average molecular weight is 785 g/mol. The molecule has 9 nitrogen and oxygen atoms in total. The third-order valence-electron chi connectivity index (χ3n) is 9.14. The van der Waals surface area contributed by atoms with E-state index in [-0.39, 0.29) is 32.0 Å². The van der Waals surface area contributed by atoms with Gasteiger partial charge in [-0.1, -0.05) is 140 Å². The largest absolute Gasteiger partial charge is 0.472 e. The number of allylic oxidation sites excluding steroid dienone is 6. The van der Waals surface area contributed by atoms with Gasteiger partial charge in [-0.2, -0.15) is 0 Å². The quantitative estimate of drug-likeness (QED) is 0.0216. The number of phosphoric ester groups is 1. The molecule has 0 radical (unpaired) electrons. The first kappa shape index (κ1) is 52.2. The van der Waals surface area contributed by atoms with Crippen molar-refractivity contribution in [1.82, 2.24) is 0 Å². The number of carbonyl (C=O) groups is 2. The van der Waals surface area contributed by atoms with Crippen molar-refractivity contribution in [2.24, 2.45) is 0 Å². The Morgan fingerprint density at radius 3 is 1.54 bits per heavy atom. The van der Waals surface area contributed by atoms with E-state index in [1.807, 2.05) is 21.1 Å². The van der Waals surface area contributed by atoms with E-state index in [4.69, 9.17) is 18.5 Å². The second-order valence-electron chi connectivity index (χ2n) is 15.7. The zero-order chi connectivity index (χ0) is 40.0. The molecule has 1 unspecified atom stereocenters. The van der Waals surface area contributed by atoms with Crippen molar-refractivity contribution >= 4 is 19.8 Å². The SMILES string of the molecule is CCCC/C=C\C/C=C\CCCCCCCC(=O)OC[C@H](COP(=O)(O)OCC[N+](C)(C)C)OC(=O)CCCCCCC/C=C\CCCCCCCCC. The standard InChI is InChI=1S/C44H82NO8P/c1-6-8-10-12-14-16-18-20-22-23-25-27-29-31-33-35-37-44(47)53-42(41-52-54(48,49)51-39-38-45(3,4)5)40-50-43(46)36-34-32-30-28-26-24-21-19-17-15-13-11-9-7-2/h13,15,19,21-23,42H,6-12,14,16-18,20,24-41H2,1-5H3/p+1/b15-13-,21-19-,23-22-/t42-/m1/s1. The van der Waals surface area contributed by atoms with Crippen LogP contribution in [-0.2, 0) is 32.7 Å². The molecule has 0 aliphatic carbocycles. The summed E-state index contributed by atoms with van der Waals surface area (Å²) < 4.78 is 34.3. The van der Waals surface area contributed by atoms with Crippen LogP contribution in [0.25, 0.3) is 0 Å². The van der Waals surface area contributed by atoms with Crippen molar-refractivity contribution in [3.63, 3.8) is 0 Å². The van der Waals surface area contributed by atoms with Gasteiger partial charge in [0.2, 0.25) is 0 Å². The van der Waals surface area contributed by atoms with Gasteiger partial charge in [0.15, 0.2) is 6.10 Å². The van der Waals surface area contributed by atoms with Crippen LogP contribution >= 0.6 is 7.82 Å². The normalized spacial score (nSPS) is 14.0. The molecule has 0 aromatic rings. The molecule has 2 atom stereocenters. The number of carbonyl (C=O) groups excluding carboxylic acids is 2. The number of likely N-dealkylation sites (N-methyl/N-ethyl adjacent to an activating group) is 1. The molecule has 0 aliphatic rings. The molecule has 0 fully saturated rings. The third kappa shape index (κ3) is 39.9. The predicted molar refractivity (Wildman–Crippen MR) is 224 cm³/mol. The topological polar surface area (TPSA) is 108 Å². The molecule has 0 rings (SSSR count). The summed E-state index contributed by atoms with van der Waals surface area (Å²) in [6, 6.07) is 0. The molecule has 0 bridgehead atoms. The van der Waals surface area contributed by atoms with Crippen molar-refractivity contribution < 1.29 is 42.1 Å². The highest BCUT2D eigenvalue weighted by molar-refractivity contribution is 7.47. The van der Waals surface area contributed by atoms with Crippen molar-refractivity contribution in [2.75, 3.05) is 47.5 Å². The van der Waals surface area contributed by atoms with Crippen molar-refractivity contribution in [3.05, 3.63) is 36.5 Å². The molecule has 0 aliphatic heterocycles. The molecular weight excluding hydrogens is 701 g/mol. The van der Waals surface area contributed by atoms with E-state index in [9.17, 15) is 19.0 Å². The molecule has 1 N–H and O–H groups in total. The van der Waals surface area contributed by atoms with Gasteiger partial charge in [0, 0.05) is 12.8 Å². The number of unbranched alkanes of at least 4 members (excludes halogenated alkanes) is 19. The highest BCUT2D eigenvalue weighted by atomic mass is 31.2. The smallest absolute Gasteiger partial charge is 0.462 e. The Kier molecular flexibility index (Phi) is 35.6. The molecule has 0 aromatic heterocycles. The summed E-state index contributed by atoms with van der Waals surface area (Å²) >= 11 is 0. The van der Waals surface area contributed by atoms with Gasteiger partial charge in [-0.3, -0.25) is 18.6 Å². The van der Waals surface area contributed by atoms with E-state index >= 15 is 0 Å². The molecule has 54 heavy (non-hydrogen) atoms. The van der Waals surface area contributed by atoms with Gasteiger partial charge in [-0.05, 0) is 64.2 Å². The Morgan fingerprint density at radius 2 is 1.02 bits per heavy atom. The molecule has 0 aromatic carbocycles. The number of hydrogen-bond acceptors (Lipinski definition) is 7. The van der Waals surface area contributed by atoms with Crippen LogP contribution in [0.15, 0.2) is 36.5 Å². The fourth-order valence-corrected chi connectivity index (χ4v) is 6.41. The Hall–Kier alpha value is -1.77. The van der Waals surface area contributed by atoms with Crippen LogP contribution in [0.4, 0.5) is 0 Å². The number of quaternary nitrogens is 1. The van der Waals surface area contributed by atoms with Crippen LogP contribution < -0.4 is 0 Å². The maximum Gasteiger partial charge on any atom is 0.472 e. The Labute approximate surface area is 331 Å². The average Bonchev–Trinajstić information content (AvgIpc) is 3.12. The fraction of sp³-hybridized carbons (Fsp3) is 0.818. The van der Waals surface area contributed by atoms with E-state index in [2.05, 4.69) is 50.3 Å². The van der Waals surface area contributed by atoms with E-state index in [1.165, 1.54) is 70.6 Å². The fourth-order valence-electron chi connectivity index (χ4n) is 5.67. The molecule has 0 heterocycles. The summed E-state index contributed by atoms with van der Waals surface area (Å²) in [5.41, 5.74) is 0. The summed E-state index contributed by atoms with van der Waals surface area (Å²) in [6.45, 7) is 4.35. The Balaban J connectivity index is 4.40. The summed E-state index contributed by atoms with van der Waals surface area (Å²) in [4.78, 5) is 35.3. The minimum atomic E-state index is -4.38. The van der Waals surface area contributed by atoms with Crippen LogP contribution in [0.2, 0.25) is 0 Å². The highest BCUT2D eigenvalue weighted by Gasteiger charge is 2.27. The highest BCUT2D eigenvalue weighted by Crippen LogP contribution is 2.43. The summed E-state index contributed by atoms with van der Waals surface area (Å²) in [5, 5.41) is 0. The van der Waals surface area contributed by atoms with E-state index in [0.717, 1.165) is 77.0 Å². The number of esters is 2. The first-order valence-corrected chi connectivity index (χ1v) is 23.2. The number of hydrogen-bond donors (Lipinski definition) is 1. The van der Waals surface area contributed by atoms with E-state index in [0.29, 0.717) is 17.4 Å². The number of phosphoric acid groups is 1. The van der Waals surface area contributed by atoms with Crippen molar-refractivity contribution in [3.8, 4) is 0 Å². The maximum absolute atomic E-state index is 12.7. The van der Waals surface area contributed by atoms with Crippen LogP contribution in [0.3, 0.4) is 0 Å². The van der Waals surface area contributed by atoms with Gasteiger partial charge >= 0.3 is 19.8 Å². The predicted octanol–water partition coefficient (Wildman–Crippen LogP) is 12.1. The maximum atomic E-state index is 12.7. The number of ether oxygens (including phenoxy) is 2. The monoisotopic (exact) mass is 785 g/mol. The van der Waals surface area contributed by atoms with E-state index < -0.39 is 26.5 Å². The van der Waals surface area contributed by atoms with Gasteiger partial charge in [0.25, 0.3) is 0 Å². The lowest BCUT2D eigenvalue weighted by Gasteiger charge is -2.24. The second kappa shape index (κ2) is 36.8. The zero-order valence-electron chi connectivity index (χ0n) is 35.5. The number of rotatable bonds is 39. The molecular formula is C44H83NO8P+. The minimum absolute atomic E-state index is 0.0275. The minimum Gasteiger partial charge on any atom is -0.462 e. The lowest BCUT2D eigenvalue weighted by molar-refractivity contribution is -0.870. The van der Waals surface area contributed by atoms with Gasteiger partial charge < -0.3 is 18.9 Å². The molecule has 0 saturated carbocycles. The second-order valence-corrected chi connectivity index (χ2v) is 17.2. The lowest BCUT2D eigenvalue weighted by Crippen LogP contribution is -2.37. The summed E-state index contributed by atoms with van der Waals surface area (Å²) in [6.07, 6.45) is 40.4. The Bertz CT molecular complexity index is 1020. The number of nitrogens with zero attached hydrogens (tertiary/aromatic N) is 1. The first-order chi connectivity index (χ1) is 26.0. The summed E-state index contributed by atoms with van der Waals surface area (Å²) in [7, 11) is 1.46. The zero-order valence-corrected chi connectivity index (χ0v) is 36.3. The molecule has 316 valence electrons. The van der Waals surface area contributed by atoms with Crippen LogP contribution in [0, 0.1) is 0 Å². The van der Waals surface area contributed by atoms with Gasteiger partial charge in [0.05, 0.1) is 27.7 Å². The molecule has 0 spiro atoms. The first-order valence-electron chi connectivity index (χ1n) is 21.7. The van der Waals surface area contributed by atoms with Crippen molar-refractivity contribution in [2.45, 2.75) is 187 Å². The van der Waals surface area contributed by atoms with Crippen LogP contribution in [0.5, 0.6) is 0 Å². The van der Waals surface area contributed by atoms with Gasteiger partial charge in [-0.15, -0.1) is 0 Å². The van der Waals surface area contributed by atoms with Gasteiger partial charge in [0.1, 0.15) is 19.8 Å². The van der Waals surface area contributed by atoms with Crippen LogP contribution in [0.1, 0.15) is 181 Å². The lowest BCUT2D eigenvalue weighted by atomic mass is 10.1. The summed E-state index contributed by atoms with van der Waals surface area (Å²) in [5.74, 6) is -0.824. The van der Waals surface area contributed by atoms with Crippen molar-refractivity contribution in [1.29, 1.82) is 0 Å². The molecule has 0 saturated heterocycles. The molecule has 0 amide bonds. The third-order valence-corrected chi connectivity index (χ3v) is 10.1. The van der Waals surface area contributed by atoms with E-state index in [1.54, 1.807) is 0 Å². The Morgan fingerprint density at radius 1 is 0.574 bits per heavy atom. The van der Waals surface area contributed by atoms with Gasteiger partial charge in [-0.25, -0.2) is 4.57 Å².